The summed E-state index contributed by atoms with van der Waals surface area (Å²) in [5.74, 6) is 0. The smallest absolute Gasteiger partial charge is 0.123 e. The lowest BCUT2D eigenvalue weighted by molar-refractivity contribution is 0.573. The van der Waals surface area contributed by atoms with E-state index in [2.05, 4.69) is 37.2 Å². The van der Waals surface area contributed by atoms with Crippen LogP contribution in [0.3, 0.4) is 0 Å². The van der Waals surface area contributed by atoms with Crippen molar-refractivity contribution >= 4 is 11.3 Å². The summed E-state index contributed by atoms with van der Waals surface area (Å²) in [4.78, 5) is 4.66. The molecule has 0 unspecified atom stereocenters. The maximum absolute atomic E-state index is 4.66. The Kier molecular flexibility index (Phi) is 2.61. The highest BCUT2D eigenvalue weighted by Crippen LogP contribution is 2.29. The van der Waals surface area contributed by atoms with E-state index in [1.807, 2.05) is 24.3 Å². The molecular weight excluding hydrogens is 202 g/mol. The molecule has 2 aromatic rings. The zero-order valence-corrected chi connectivity index (χ0v) is 10.1. The molecule has 0 bridgehead atoms. The highest BCUT2D eigenvalue weighted by atomic mass is 32.1. The number of rotatable bonds is 1. The summed E-state index contributed by atoms with van der Waals surface area (Å²) in [5, 5.41) is 3.24. The standard InChI is InChI=1S/C13H14NS/c1-13(2,3)11-9-15-12(14-11)10-7-5-4-6-8-10/h5-9H,1-3H3. The van der Waals surface area contributed by atoms with Crippen molar-refractivity contribution in [1.29, 1.82) is 0 Å². The zero-order chi connectivity index (χ0) is 10.9. The van der Waals surface area contributed by atoms with Crippen LogP contribution in [0.15, 0.2) is 29.6 Å². The fourth-order valence-electron chi connectivity index (χ4n) is 1.28. The minimum Gasteiger partial charge on any atom is -0.241 e. The highest BCUT2D eigenvalue weighted by molar-refractivity contribution is 7.13. The molecule has 0 aliphatic carbocycles. The van der Waals surface area contributed by atoms with E-state index in [1.165, 1.54) is 5.56 Å². The topological polar surface area (TPSA) is 12.9 Å². The molecule has 1 aromatic carbocycles. The molecule has 1 heterocycles. The van der Waals surface area contributed by atoms with Gasteiger partial charge in [-0.2, -0.15) is 0 Å². The van der Waals surface area contributed by atoms with Gasteiger partial charge in [-0.3, -0.25) is 0 Å². The van der Waals surface area contributed by atoms with Crippen molar-refractivity contribution in [2.24, 2.45) is 0 Å². The molecule has 0 saturated heterocycles. The number of benzene rings is 1. The van der Waals surface area contributed by atoms with Crippen molar-refractivity contribution in [3.8, 4) is 10.6 Å². The predicted octanol–water partition coefficient (Wildman–Crippen LogP) is 3.91. The second kappa shape index (κ2) is 3.78. The summed E-state index contributed by atoms with van der Waals surface area (Å²) >= 11 is 1.70. The lowest BCUT2D eigenvalue weighted by atomic mass is 9.93. The summed E-state index contributed by atoms with van der Waals surface area (Å²) in [6.45, 7) is 6.56. The SMILES string of the molecule is CC(C)(C)c1csc(-c2cc[c]cc2)n1. The minimum atomic E-state index is 0.135. The van der Waals surface area contributed by atoms with Crippen molar-refractivity contribution < 1.29 is 0 Å². The van der Waals surface area contributed by atoms with Crippen LogP contribution >= 0.6 is 11.3 Å². The molecule has 2 heteroatoms. The van der Waals surface area contributed by atoms with E-state index in [1.54, 1.807) is 11.3 Å². The quantitative estimate of drug-likeness (QED) is 0.704. The third-order valence-electron chi connectivity index (χ3n) is 2.24. The Morgan fingerprint density at radius 2 is 1.87 bits per heavy atom. The molecule has 0 saturated carbocycles. The Morgan fingerprint density at radius 3 is 2.40 bits per heavy atom. The summed E-state index contributed by atoms with van der Waals surface area (Å²) < 4.78 is 0. The lowest BCUT2D eigenvalue weighted by Gasteiger charge is -2.14. The van der Waals surface area contributed by atoms with Gasteiger partial charge in [0.1, 0.15) is 5.01 Å². The van der Waals surface area contributed by atoms with E-state index < -0.39 is 0 Å². The van der Waals surface area contributed by atoms with Crippen molar-refractivity contribution in [2.45, 2.75) is 26.2 Å². The monoisotopic (exact) mass is 216 g/mol. The third kappa shape index (κ3) is 2.26. The second-order valence-electron chi connectivity index (χ2n) is 4.58. The van der Waals surface area contributed by atoms with Crippen LogP contribution in [0.5, 0.6) is 0 Å². The van der Waals surface area contributed by atoms with E-state index in [0.717, 1.165) is 10.7 Å². The average molecular weight is 216 g/mol. The van der Waals surface area contributed by atoms with Gasteiger partial charge < -0.3 is 0 Å². The zero-order valence-electron chi connectivity index (χ0n) is 9.24. The van der Waals surface area contributed by atoms with Gasteiger partial charge >= 0.3 is 0 Å². The maximum Gasteiger partial charge on any atom is 0.123 e. The van der Waals surface area contributed by atoms with Gasteiger partial charge in [-0.05, 0) is 6.07 Å². The fourth-order valence-corrected chi connectivity index (χ4v) is 2.33. The number of aromatic nitrogens is 1. The summed E-state index contributed by atoms with van der Waals surface area (Å²) in [5.41, 5.74) is 2.47. The number of hydrogen-bond acceptors (Lipinski definition) is 2. The van der Waals surface area contributed by atoms with E-state index in [9.17, 15) is 0 Å². The first-order valence-electron chi connectivity index (χ1n) is 5.00. The number of hydrogen-bond donors (Lipinski definition) is 0. The van der Waals surface area contributed by atoms with Gasteiger partial charge in [-0.25, -0.2) is 4.98 Å². The average Bonchev–Trinajstić information content (AvgIpc) is 2.67. The first kappa shape index (κ1) is 10.4. The number of thiazole rings is 1. The Labute approximate surface area is 94.8 Å². The predicted molar refractivity (Wildman–Crippen MR) is 65.1 cm³/mol. The van der Waals surface area contributed by atoms with Crippen molar-refractivity contribution in [3.05, 3.63) is 41.4 Å². The molecule has 0 N–H and O–H groups in total. The molecule has 0 aliphatic rings. The molecule has 1 aromatic heterocycles. The number of nitrogens with zero attached hydrogens (tertiary/aromatic N) is 1. The second-order valence-corrected chi connectivity index (χ2v) is 5.43. The van der Waals surface area contributed by atoms with Gasteiger partial charge in [0, 0.05) is 16.4 Å². The third-order valence-corrected chi connectivity index (χ3v) is 3.13. The molecule has 2 rings (SSSR count). The van der Waals surface area contributed by atoms with Crippen LogP contribution in [0.1, 0.15) is 26.5 Å². The first-order valence-corrected chi connectivity index (χ1v) is 5.88. The van der Waals surface area contributed by atoms with Gasteiger partial charge in [0.25, 0.3) is 0 Å². The summed E-state index contributed by atoms with van der Waals surface area (Å²) in [6.07, 6.45) is 0. The molecule has 1 radical (unpaired) electrons. The van der Waals surface area contributed by atoms with Crippen LogP contribution in [0.4, 0.5) is 0 Å². The molecule has 15 heavy (non-hydrogen) atoms. The minimum absolute atomic E-state index is 0.135. The lowest BCUT2D eigenvalue weighted by Crippen LogP contribution is -2.11. The molecule has 0 atom stereocenters. The van der Waals surface area contributed by atoms with Crippen LogP contribution in [0.25, 0.3) is 10.6 Å². The van der Waals surface area contributed by atoms with Crippen molar-refractivity contribution in [1.82, 2.24) is 4.98 Å². The maximum atomic E-state index is 4.66. The van der Waals surface area contributed by atoms with E-state index in [0.29, 0.717) is 0 Å². The Morgan fingerprint density at radius 1 is 1.20 bits per heavy atom. The molecular formula is C13H14NS. The van der Waals surface area contributed by atoms with Gasteiger partial charge in [0.2, 0.25) is 0 Å². The highest BCUT2D eigenvalue weighted by Gasteiger charge is 2.17. The van der Waals surface area contributed by atoms with E-state index >= 15 is 0 Å². The molecule has 1 nitrogen and oxygen atoms in total. The molecule has 77 valence electrons. The van der Waals surface area contributed by atoms with Gasteiger partial charge in [0.15, 0.2) is 0 Å². The van der Waals surface area contributed by atoms with Crippen LogP contribution < -0.4 is 0 Å². The van der Waals surface area contributed by atoms with Gasteiger partial charge in [-0.15, -0.1) is 11.3 Å². The van der Waals surface area contributed by atoms with Crippen molar-refractivity contribution in [2.75, 3.05) is 0 Å². The van der Waals surface area contributed by atoms with Crippen LogP contribution in [0.2, 0.25) is 0 Å². The Bertz CT molecular complexity index is 437. The van der Waals surface area contributed by atoms with E-state index in [4.69, 9.17) is 0 Å². The van der Waals surface area contributed by atoms with Gasteiger partial charge in [-0.1, -0.05) is 45.0 Å². The van der Waals surface area contributed by atoms with E-state index in [-0.39, 0.29) is 5.41 Å². The van der Waals surface area contributed by atoms with Crippen LogP contribution in [-0.4, -0.2) is 4.98 Å². The van der Waals surface area contributed by atoms with Crippen molar-refractivity contribution in [3.63, 3.8) is 0 Å². The Hall–Kier alpha value is -1.15. The molecule has 0 spiro atoms. The van der Waals surface area contributed by atoms with Crippen LogP contribution in [-0.2, 0) is 5.41 Å². The molecule has 0 aliphatic heterocycles. The van der Waals surface area contributed by atoms with Crippen LogP contribution in [0, 0.1) is 6.07 Å². The normalized spacial score (nSPS) is 11.7. The summed E-state index contributed by atoms with van der Waals surface area (Å²) in [6, 6.07) is 11.0. The summed E-state index contributed by atoms with van der Waals surface area (Å²) in [7, 11) is 0. The fraction of sp³-hybridized carbons (Fsp3) is 0.308. The molecule has 0 fully saturated rings. The van der Waals surface area contributed by atoms with Gasteiger partial charge in [0.05, 0.1) is 5.69 Å². The molecule has 0 amide bonds. The largest absolute Gasteiger partial charge is 0.241 e. The Balaban J connectivity index is 2.37. The first-order chi connectivity index (χ1) is 7.07.